The van der Waals surface area contributed by atoms with Gasteiger partial charge in [0.25, 0.3) is 0 Å². The average Bonchev–Trinajstić information content (AvgIpc) is 2.39. The standard InChI is InChI=1S/C14H13FN2S/c1-17-14(18)13-8-11(16)6-7-12(13)9-2-4-10(15)5-3-9/h2-8H,16H2,1H3,(H,17,18). The van der Waals surface area contributed by atoms with Crippen molar-refractivity contribution in [3.05, 3.63) is 53.8 Å². The van der Waals surface area contributed by atoms with E-state index in [4.69, 9.17) is 18.0 Å². The van der Waals surface area contributed by atoms with Crippen LogP contribution in [0.2, 0.25) is 0 Å². The van der Waals surface area contributed by atoms with E-state index in [2.05, 4.69) is 5.32 Å². The summed E-state index contributed by atoms with van der Waals surface area (Å²) in [5, 5.41) is 2.93. The Morgan fingerprint density at radius 2 is 1.83 bits per heavy atom. The van der Waals surface area contributed by atoms with Crippen LogP contribution in [0.25, 0.3) is 11.1 Å². The Morgan fingerprint density at radius 1 is 1.17 bits per heavy atom. The van der Waals surface area contributed by atoms with Crippen LogP contribution in [0, 0.1) is 5.82 Å². The molecule has 2 nitrogen and oxygen atoms in total. The Kier molecular flexibility index (Phi) is 3.58. The largest absolute Gasteiger partial charge is 0.399 e. The van der Waals surface area contributed by atoms with E-state index in [1.54, 1.807) is 25.2 Å². The van der Waals surface area contributed by atoms with Crippen molar-refractivity contribution in [1.82, 2.24) is 5.32 Å². The molecule has 0 aliphatic carbocycles. The highest BCUT2D eigenvalue weighted by Gasteiger charge is 2.09. The molecule has 0 unspecified atom stereocenters. The fraction of sp³-hybridized carbons (Fsp3) is 0.0714. The molecule has 0 saturated heterocycles. The highest BCUT2D eigenvalue weighted by atomic mass is 32.1. The molecule has 0 fully saturated rings. The van der Waals surface area contributed by atoms with Crippen molar-refractivity contribution in [3.8, 4) is 11.1 Å². The van der Waals surface area contributed by atoms with Crippen LogP contribution >= 0.6 is 12.2 Å². The van der Waals surface area contributed by atoms with Gasteiger partial charge in [-0.25, -0.2) is 4.39 Å². The number of benzene rings is 2. The lowest BCUT2D eigenvalue weighted by atomic mass is 9.99. The van der Waals surface area contributed by atoms with Crippen LogP contribution in [-0.2, 0) is 0 Å². The van der Waals surface area contributed by atoms with Crippen LogP contribution in [-0.4, -0.2) is 12.0 Å². The van der Waals surface area contributed by atoms with Gasteiger partial charge >= 0.3 is 0 Å². The SMILES string of the molecule is CNC(=S)c1cc(N)ccc1-c1ccc(F)cc1. The van der Waals surface area contributed by atoms with Crippen LogP contribution in [0.4, 0.5) is 10.1 Å². The molecule has 18 heavy (non-hydrogen) atoms. The summed E-state index contributed by atoms with van der Waals surface area (Å²) in [6, 6.07) is 11.8. The Bertz CT molecular complexity index is 579. The molecular formula is C14H13FN2S. The summed E-state index contributed by atoms with van der Waals surface area (Å²) < 4.78 is 12.9. The first-order valence-electron chi connectivity index (χ1n) is 5.49. The first-order chi connectivity index (χ1) is 8.61. The number of hydrogen-bond donors (Lipinski definition) is 2. The predicted octanol–water partition coefficient (Wildman–Crippen LogP) is 2.97. The monoisotopic (exact) mass is 260 g/mol. The van der Waals surface area contributed by atoms with Gasteiger partial charge in [-0.1, -0.05) is 30.4 Å². The van der Waals surface area contributed by atoms with Gasteiger partial charge in [0, 0.05) is 18.3 Å². The fourth-order valence-electron chi connectivity index (χ4n) is 1.77. The molecule has 0 aromatic heterocycles. The minimum Gasteiger partial charge on any atom is -0.399 e. The summed E-state index contributed by atoms with van der Waals surface area (Å²) in [5.41, 5.74) is 9.11. The lowest BCUT2D eigenvalue weighted by Crippen LogP contribution is -2.17. The molecule has 0 radical (unpaired) electrons. The highest BCUT2D eigenvalue weighted by Crippen LogP contribution is 2.26. The molecule has 0 atom stereocenters. The molecule has 0 aliphatic rings. The van der Waals surface area contributed by atoms with Gasteiger partial charge in [0.1, 0.15) is 10.8 Å². The lowest BCUT2D eigenvalue weighted by Gasteiger charge is -2.11. The van der Waals surface area contributed by atoms with Crippen LogP contribution in [0.5, 0.6) is 0 Å². The topological polar surface area (TPSA) is 38.0 Å². The van der Waals surface area contributed by atoms with Crippen molar-refractivity contribution < 1.29 is 4.39 Å². The smallest absolute Gasteiger partial charge is 0.123 e. The Balaban J connectivity index is 2.56. The molecule has 92 valence electrons. The minimum atomic E-state index is -0.257. The average molecular weight is 260 g/mol. The zero-order chi connectivity index (χ0) is 13.1. The van der Waals surface area contributed by atoms with E-state index in [0.29, 0.717) is 10.7 Å². The molecule has 0 bridgehead atoms. The van der Waals surface area contributed by atoms with Gasteiger partial charge in [0.2, 0.25) is 0 Å². The molecule has 0 amide bonds. The molecule has 4 heteroatoms. The van der Waals surface area contributed by atoms with Crippen molar-refractivity contribution in [2.24, 2.45) is 0 Å². The van der Waals surface area contributed by atoms with E-state index in [1.165, 1.54) is 12.1 Å². The molecule has 2 aromatic carbocycles. The van der Waals surface area contributed by atoms with Crippen LogP contribution in [0.15, 0.2) is 42.5 Å². The Morgan fingerprint density at radius 3 is 2.44 bits per heavy atom. The summed E-state index contributed by atoms with van der Waals surface area (Å²) in [7, 11) is 1.76. The van der Waals surface area contributed by atoms with E-state index in [-0.39, 0.29) is 5.82 Å². The Hall–Kier alpha value is -1.94. The zero-order valence-corrected chi connectivity index (χ0v) is 10.7. The predicted molar refractivity (Wildman–Crippen MR) is 77.0 cm³/mol. The van der Waals surface area contributed by atoms with Gasteiger partial charge < -0.3 is 11.1 Å². The third-order valence-electron chi connectivity index (χ3n) is 2.67. The molecule has 0 spiro atoms. The van der Waals surface area contributed by atoms with Gasteiger partial charge in [-0.05, 0) is 35.4 Å². The summed E-state index contributed by atoms with van der Waals surface area (Å²) >= 11 is 5.25. The molecule has 0 heterocycles. The van der Waals surface area contributed by atoms with Gasteiger partial charge in [0.15, 0.2) is 0 Å². The normalized spacial score (nSPS) is 10.1. The summed E-state index contributed by atoms with van der Waals surface area (Å²) in [6.07, 6.45) is 0. The fourth-order valence-corrected chi connectivity index (χ4v) is 1.93. The van der Waals surface area contributed by atoms with Crippen molar-refractivity contribution in [2.45, 2.75) is 0 Å². The minimum absolute atomic E-state index is 0.257. The maximum absolute atomic E-state index is 12.9. The molecule has 2 rings (SSSR count). The van der Waals surface area contributed by atoms with Gasteiger partial charge in [-0.15, -0.1) is 0 Å². The second-order valence-corrected chi connectivity index (χ2v) is 4.30. The number of hydrogen-bond acceptors (Lipinski definition) is 2. The van der Waals surface area contributed by atoms with Gasteiger partial charge in [-0.2, -0.15) is 0 Å². The molecule has 3 N–H and O–H groups in total. The second-order valence-electron chi connectivity index (χ2n) is 3.89. The number of nitrogens with two attached hydrogens (primary N) is 1. The number of halogens is 1. The third kappa shape index (κ3) is 2.49. The van der Waals surface area contributed by atoms with Gasteiger partial charge in [-0.3, -0.25) is 0 Å². The van der Waals surface area contributed by atoms with Crippen LogP contribution in [0.1, 0.15) is 5.56 Å². The van der Waals surface area contributed by atoms with E-state index in [1.807, 2.05) is 12.1 Å². The van der Waals surface area contributed by atoms with Crippen LogP contribution in [0.3, 0.4) is 0 Å². The van der Waals surface area contributed by atoms with Crippen molar-refractivity contribution in [3.63, 3.8) is 0 Å². The molecule has 2 aromatic rings. The lowest BCUT2D eigenvalue weighted by molar-refractivity contribution is 0.628. The van der Waals surface area contributed by atoms with E-state index in [9.17, 15) is 4.39 Å². The number of nitrogens with one attached hydrogen (secondary N) is 1. The van der Waals surface area contributed by atoms with Crippen molar-refractivity contribution >= 4 is 22.9 Å². The molecular weight excluding hydrogens is 247 g/mol. The van der Waals surface area contributed by atoms with Crippen molar-refractivity contribution in [1.29, 1.82) is 0 Å². The maximum Gasteiger partial charge on any atom is 0.123 e. The number of anilines is 1. The third-order valence-corrected chi connectivity index (χ3v) is 3.09. The summed E-state index contributed by atoms with van der Waals surface area (Å²) in [4.78, 5) is 0.613. The summed E-state index contributed by atoms with van der Waals surface area (Å²) in [6.45, 7) is 0. The number of rotatable bonds is 2. The van der Waals surface area contributed by atoms with Crippen molar-refractivity contribution in [2.75, 3.05) is 12.8 Å². The quantitative estimate of drug-likeness (QED) is 0.644. The van der Waals surface area contributed by atoms with E-state index < -0.39 is 0 Å². The first-order valence-corrected chi connectivity index (χ1v) is 5.90. The maximum atomic E-state index is 12.9. The summed E-state index contributed by atoms with van der Waals surface area (Å²) in [5.74, 6) is -0.257. The highest BCUT2D eigenvalue weighted by molar-refractivity contribution is 7.80. The van der Waals surface area contributed by atoms with Crippen LogP contribution < -0.4 is 11.1 Å². The molecule has 0 saturated carbocycles. The zero-order valence-electron chi connectivity index (χ0n) is 9.91. The van der Waals surface area contributed by atoms with E-state index >= 15 is 0 Å². The van der Waals surface area contributed by atoms with Gasteiger partial charge in [0.05, 0.1) is 0 Å². The number of nitrogen functional groups attached to an aromatic ring is 1. The second kappa shape index (κ2) is 5.14. The van der Waals surface area contributed by atoms with E-state index in [0.717, 1.165) is 16.7 Å². The number of thiocarbonyl (C=S) groups is 1. The Labute approximate surface area is 111 Å². The molecule has 0 aliphatic heterocycles. The first kappa shape index (κ1) is 12.5.